The van der Waals surface area contributed by atoms with Gasteiger partial charge in [-0.1, -0.05) is 5.11 Å². The van der Waals surface area contributed by atoms with Crippen molar-refractivity contribution < 1.29 is 19.1 Å². The summed E-state index contributed by atoms with van der Waals surface area (Å²) >= 11 is 0. The van der Waals surface area contributed by atoms with Crippen molar-refractivity contribution in [2.45, 2.75) is 13.0 Å². The van der Waals surface area contributed by atoms with Gasteiger partial charge in [-0.15, -0.1) is 0 Å². The van der Waals surface area contributed by atoms with Gasteiger partial charge in [-0.3, -0.25) is 9.59 Å². The number of methoxy groups -OCH3 is 1. The van der Waals surface area contributed by atoms with Crippen LogP contribution in [0.2, 0.25) is 0 Å². The molecule has 72 valence electrons. The Morgan fingerprint density at radius 3 is 2.62 bits per heavy atom. The van der Waals surface area contributed by atoms with Gasteiger partial charge in [0.2, 0.25) is 0 Å². The Morgan fingerprint density at radius 1 is 1.62 bits per heavy atom. The molecular formula is C6H9N3O4. The molecule has 0 aromatic heterocycles. The molecule has 1 atom stereocenters. The Balaban J connectivity index is 4.17. The topological polar surface area (TPSA) is 101 Å². The number of esters is 2. The predicted octanol–water partition coefficient (Wildman–Crippen LogP) is 0.401. The number of carbonyl (C=O) groups excluding carboxylic acids is 2. The largest absolute Gasteiger partial charge is 0.469 e. The van der Waals surface area contributed by atoms with E-state index < -0.39 is 18.0 Å². The van der Waals surface area contributed by atoms with Gasteiger partial charge < -0.3 is 9.47 Å². The minimum Gasteiger partial charge on any atom is -0.469 e. The fraction of sp³-hybridized carbons (Fsp3) is 0.667. The standard InChI is InChI=1S/C6H9N3O4/c1-4(10)13-3-5(8-9-7)6(11)12-2/h5H,3H2,1-2H3. The van der Waals surface area contributed by atoms with Crippen molar-refractivity contribution in [2.75, 3.05) is 13.7 Å². The number of ether oxygens (including phenoxy) is 2. The van der Waals surface area contributed by atoms with Crippen molar-refractivity contribution in [3.8, 4) is 0 Å². The summed E-state index contributed by atoms with van der Waals surface area (Å²) in [5.74, 6) is -1.29. The van der Waals surface area contributed by atoms with Gasteiger partial charge in [0.05, 0.1) is 7.11 Å². The summed E-state index contributed by atoms with van der Waals surface area (Å²) in [7, 11) is 1.15. The molecule has 0 aliphatic carbocycles. The highest BCUT2D eigenvalue weighted by Crippen LogP contribution is 1.96. The van der Waals surface area contributed by atoms with E-state index in [4.69, 9.17) is 5.53 Å². The predicted molar refractivity (Wildman–Crippen MR) is 41.6 cm³/mol. The second-order valence-electron chi connectivity index (χ2n) is 2.05. The molecule has 0 aromatic carbocycles. The number of hydrogen-bond acceptors (Lipinski definition) is 5. The molecule has 0 saturated carbocycles. The zero-order valence-corrected chi connectivity index (χ0v) is 7.26. The summed E-state index contributed by atoms with van der Waals surface area (Å²) in [6.07, 6.45) is 0. The molecule has 0 bridgehead atoms. The van der Waals surface area contributed by atoms with Crippen LogP contribution in [0.1, 0.15) is 6.92 Å². The first-order valence-corrected chi connectivity index (χ1v) is 3.37. The Morgan fingerprint density at radius 2 is 2.23 bits per heavy atom. The van der Waals surface area contributed by atoms with Crippen LogP contribution in [0.4, 0.5) is 0 Å². The molecule has 0 N–H and O–H groups in total. The van der Waals surface area contributed by atoms with Gasteiger partial charge in [-0.25, -0.2) is 0 Å². The first-order chi connectivity index (χ1) is 6.11. The first kappa shape index (κ1) is 11.2. The van der Waals surface area contributed by atoms with Gasteiger partial charge in [0.25, 0.3) is 0 Å². The van der Waals surface area contributed by atoms with Crippen LogP contribution in [0.3, 0.4) is 0 Å². The fourth-order valence-electron chi connectivity index (χ4n) is 0.543. The third-order valence-electron chi connectivity index (χ3n) is 1.11. The first-order valence-electron chi connectivity index (χ1n) is 3.37. The number of hydrogen-bond donors (Lipinski definition) is 0. The molecule has 13 heavy (non-hydrogen) atoms. The lowest BCUT2D eigenvalue weighted by Crippen LogP contribution is -2.26. The van der Waals surface area contributed by atoms with E-state index in [-0.39, 0.29) is 6.61 Å². The molecule has 1 unspecified atom stereocenters. The van der Waals surface area contributed by atoms with Crippen molar-refractivity contribution in [3.63, 3.8) is 0 Å². The van der Waals surface area contributed by atoms with E-state index >= 15 is 0 Å². The van der Waals surface area contributed by atoms with Crippen LogP contribution in [-0.2, 0) is 19.1 Å². The van der Waals surface area contributed by atoms with Crippen LogP contribution in [0.25, 0.3) is 10.4 Å². The highest BCUT2D eigenvalue weighted by molar-refractivity contribution is 5.76. The van der Waals surface area contributed by atoms with Crippen LogP contribution in [-0.4, -0.2) is 31.7 Å². The van der Waals surface area contributed by atoms with E-state index in [0.717, 1.165) is 7.11 Å². The normalized spacial score (nSPS) is 10.9. The maximum absolute atomic E-state index is 10.8. The van der Waals surface area contributed by atoms with Crippen molar-refractivity contribution in [2.24, 2.45) is 5.11 Å². The Hall–Kier alpha value is -1.75. The third kappa shape index (κ3) is 4.65. The monoisotopic (exact) mass is 187 g/mol. The van der Waals surface area contributed by atoms with Crippen LogP contribution in [0.5, 0.6) is 0 Å². The summed E-state index contributed by atoms with van der Waals surface area (Å²) in [6, 6.07) is -1.11. The lowest BCUT2D eigenvalue weighted by molar-refractivity contribution is -0.148. The SMILES string of the molecule is COC(=O)C(COC(C)=O)N=[N+]=[N-]. The van der Waals surface area contributed by atoms with Crippen molar-refractivity contribution in [3.05, 3.63) is 10.4 Å². The average Bonchev–Trinajstić information content (AvgIpc) is 2.10. The van der Waals surface area contributed by atoms with Crippen LogP contribution in [0.15, 0.2) is 5.11 Å². The van der Waals surface area contributed by atoms with Gasteiger partial charge in [-0.05, 0) is 5.53 Å². The summed E-state index contributed by atoms with van der Waals surface area (Å²) in [6.45, 7) is 0.885. The fourth-order valence-corrected chi connectivity index (χ4v) is 0.543. The summed E-state index contributed by atoms with van der Waals surface area (Å²) in [4.78, 5) is 23.6. The summed E-state index contributed by atoms with van der Waals surface area (Å²) in [5, 5.41) is 3.10. The molecule has 7 nitrogen and oxygen atoms in total. The summed E-state index contributed by atoms with van der Waals surface area (Å²) < 4.78 is 8.78. The Labute approximate surface area is 74.2 Å². The Kier molecular flexibility index (Phi) is 5.06. The highest BCUT2D eigenvalue weighted by atomic mass is 16.5. The maximum atomic E-state index is 10.8. The molecule has 0 aromatic rings. The average molecular weight is 187 g/mol. The van der Waals surface area contributed by atoms with E-state index in [0.29, 0.717) is 0 Å². The van der Waals surface area contributed by atoms with E-state index in [9.17, 15) is 9.59 Å². The number of nitrogens with zero attached hydrogens (tertiary/aromatic N) is 3. The molecule has 0 rings (SSSR count). The molecule has 0 aliphatic heterocycles. The molecule has 0 fully saturated rings. The summed E-state index contributed by atoms with van der Waals surface area (Å²) in [5.41, 5.74) is 8.06. The van der Waals surface area contributed by atoms with E-state index in [1.807, 2.05) is 0 Å². The van der Waals surface area contributed by atoms with Crippen LogP contribution >= 0.6 is 0 Å². The number of azide groups is 1. The van der Waals surface area contributed by atoms with Crippen molar-refractivity contribution in [1.29, 1.82) is 0 Å². The van der Waals surface area contributed by atoms with Crippen LogP contribution < -0.4 is 0 Å². The lowest BCUT2D eigenvalue weighted by Gasteiger charge is -2.07. The van der Waals surface area contributed by atoms with Crippen molar-refractivity contribution >= 4 is 11.9 Å². The molecule has 0 aliphatic rings. The third-order valence-corrected chi connectivity index (χ3v) is 1.11. The molecule has 0 heterocycles. The molecule has 7 heteroatoms. The number of carbonyl (C=O) groups is 2. The molecule has 0 radical (unpaired) electrons. The second kappa shape index (κ2) is 5.84. The number of rotatable bonds is 4. The molecule has 0 spiro atoms. The zero-order valence-electron chi connectivity index (χ0n) is 7.26. The van der Waals surface area contributed by atoms with Gasteiger partial charge in [0.15, 0.2) is 6.04 Å². The highest BCUT2D eigenvalue weighted by Gasteiger charge is 2.18. The molecule has 0 saturated heterocycles. The van der Waals surface area contributed by atoms with Crippen LogP contribution in [0, 0.1) is 0 Å². The lowest BCUT2D eigenvalue weighted by atomic mass is 10.3. The Bertz CT molecular complexity index is 246. The quantitative estimate of drug-likeness (QED) is 0.275. The minimum atomic E-state index is -1.11. The minimum absolute atomic E-state index is 0.300. The zero-order chi connectivity index (χ0) is 10.3. The van der Waals surface area contributed by atoms with Gasteiger partial charge in [-0.2, -0.15) is 0 Å². The smallest absolute Gasteiger partial charge is 0.318 e. The van der Waals surface area contributed by atoms with Gasteiger partial charge in [0, 0.05) is 11.8 Å². The van der Waals surface area contributed by atoms with Gasteiger partial charge >= 0.3 is 11.9 Å². The second-order valence-corrected chi connectivity index (χ2v) is 2.05. The maximum Gasteiger partial charge on any atom is 0.318 e. The van der Waals surface area contributed by atoms with Crippen molar-refractivity contribution in [1.82, 2.24) is 0 Å². The van der Waals surface area contributed by atoms with E-state index in [1.54, 1.807) is 0 Å². The molecule has 0 amide bonds. The van der Waals surface area contributed by atoms with Gasteiger partial charge in [0.1, 0.15) is 6.61 Å². The molecular weight excluding hydrogens is 178 g/mol. The van der Waals surface area contributed by atoms with E-state index in [2.05, 4.69) is 19.5 Å². The van der Waals surface area contributed by atoms with E-state index in [1.165, 1.54) is 6.92 Å².